The zero-order valence-electron chi connectivity index (χ0n) is 25.5. The highest BCUT2D eigenvalue weighted by Crippen LogP contribution is 2.33. The number of hydrogen-bond donors (Lipinski definition) is 1. The van der Waals surface area contributed by atoms with E-state index in [1.54, 1.807) is 17.9 Å². The minimum Gasteiger partial charge on any atom is -0.469 e. The van der Waals surface area contributed by atoms with Gasteiger partial charge in [0, 0.05) is 30.5 Å². The Bertz CT molecular complexity index is 1490. The maximum atomic E-state index is 13.8. The van der Waals surface area contributed by atoms with Crippen LogP contribution >= 0.6 is 0 Å². The van der Waals surface area contributed by atoms with Gasteiger partial charge in [-0.1, -0.05) is 30.2 Å². The van der Waals surface area contributed by atoms with Gasteiger partial charge in [-0.25, -0.2) is 14.8 Å². The number of nitrogens with one attached hydrogen (secondary N) is 1. The lowest BCUT2D eigenvalue weighted by atomic mass is 9.88. The molecule has 1 N–H and O–H groups in total. The fourth-order valence-corrected chi connectivity index (χ4v) is 5.09. The molecule has 1 fully saturated rings. The summed E-state index contributed by atoms with van der Waals surface area (Å²) in [6, 6.07) is 7.54. The zero-order chi connectivity index (χ0) is 32.1. The number of piperidine rings is 1. The van der Waals surface area contributed by atoms with E-state index in [0.717, 1.165) is 24.6 Å². The molecule has 4 rings (SSSR count). The number of anilines is 2. The second-order valence-electron chi connectivity index (χ2n) is 11.8. The van der Waals surface area contributed by atoms with Gasteiger partial charge in [0.15, 0.2) is 0 Å². The molecule has 0 radical (unpaired) electrons. The molecule has 1 aromatic carbocycles. The molecule has 1 atom stereocenters. The number of allylic oxidation sites excluding steroid dienone is 3. The number of aromatic nitrogens is 2. The number of halogens is 3. The SMILES string of the molecule is COC(=O)C(C)C1=CCCC=C1C#Cc1nc(Nc2ccc(C3CCN(C(=O)OC(C)(C)C)CC3)cc2)ncc1C(F)(F)F. The molecule has 0 spiro atoms. The molecule has 1 aliphatic carbocycles. The van der Waals surface area contributed by atoms with Crippen molar-refractivity contribution in [2.45, 2.75) is 71.1 Å². The first-order valence-electron chi connectivity index (χ1n) is 14.5. The summed E-state index contributed by atoms with van der Waals surface area (Å²) in [4.78, 5) is 34.2. The molecular weight excluding hydrogens is 573 g/mol. The Morgan fingerprint density at radius 2 is 1.70 bits per heavy atom. The third kappa shape index (κ3) is 8.40. The molecule has 2 heterocycles. The van der Waals surface area contributed by atoms with E-state index in [2.05, 4.69) is 27.1 Å². The molecular formula is C33H37F3N4O4. The molecule has 8 nitrogen and oxygen atoms in total. The summed E-state index contributed by atoms with van der Waals surface area (Å²) >= 11 is 0. The fraction of sp³-hybridized carbons (Fsp3) is 0.455. The van der Waals surface area contributed by atoms with E-state index in [0.29, 0.717) is 42.8 Å². The Balaban J connectivity index is 1.47. The number of carbonyl (C=O) groups is 2. The van der Waals surface area contributed by atoms with Crippen molar-refractivity contribution < 1.29 is 32.2 Å². The van der Waals surface area contributed by atoms with E-state index in [1.807, 2.05) is 51.1 Å². The van der Waals surface area contributed by atoms with Crippen LogP contribution in [-0.4, -0.2) is 52.7 Å². The Labute approximate surface area is 255 Å². The Kier molecular flexibility index (Phi) is 10.0. The van der Waals surface area contributed by atoms with E-state index in [9.17, 15) is 22.8 Å². The predicted molar refractivity (Wildman–Crippen MR) is 160 cm³/mol. The molecule has 1 unspecified atom stereocenters. The van der Waals surface area contributed by atoms with Crippen molar-refractivity contribution in [1.29, 1.82) is 0 Å². The quantitative estimate of drug-likeness (QED) is 0.284. The summed E-state index contributed by atoms with van der Waals surface area (Å²) in [5.41, 5.74) is 0.733. The Morgan fingerprint density at radius 1 is 1.05 bits per heavy atom. The molecule has 1 aromatic heterocycles. The van der Waals surface area contributed by atoms with Gasteiger partial charge in [0.1, 0.15) is 16.9 Å². The van der Waals surface area contributed by atoms with Crippen LogP contribution in [0.5, 0.6) is 0 Å². The summed E-state index contributed by atoms with van der Waals surface area (Å²) < 4.78 is 51.7. The number of likely N-dealkylation sites (tertiary alicyclic amines) is 1. The lowest BCUT2D eigenvalue weighted by Crippen LogP contribution is -2.41. The van der Waals surface area contributed by atoms with Crippen LogP contribution in [0.2, 0.25) is 0 Å². The van der Waals surface area contributed by atoms with Gasteiger partial charge in [0.25, 0.3) is 0 Å². The second kappa shape index (κ2) is 13.5. The van der Waals surface area contributed by atoms with E-state index in [4.69, 9.17) is 9.47 Å². The first kappa shape index (κ1) is 32.6. The highest BCUT2D eigenvalue weighted by molar-refractivity contribution is 5.78. The van der Waals surface area contributed by atoms with Gasteiger partial charge in [-0.2, -0.15) is 13.2 Å². The topological polar surface area (TPSA) is 93.7 Å². The lowest BCUT2D eigenvalue weighted by Gasteiger charge is -2.33. The van der Waals surface area contributed by atoms with Gasteiger partial charge >= 0.3 is 18.2 Å². The van der Waals surface area contributed by atoms with Gasteiger partial charge < -0.3 is 19.7 Å². The van der Waals surface area contributed by atoms with Crippen molar-refractivity contribution in [3.63, 3.8) is 0 Å². The number of rotatable bonds is 5. The average molecular weight is 611 g/mol. The number of benzene rings is 1. The molecule has 11 heteroatoms. The monoisotopic (exact) mass is 610 g/mol. The maximum Gasteiger partial charge on any atom is 0.420 e. The summed E-state index contributed by atoms with van der Waals surface area (Å²) in [5, 5.41) is 2.97. The Morgan fingerprint density at radius 3 is 2.32 bits per heavy atom. The first-order valence-corrected chi connectivity index (χ1v) is 14.5. The van der Waals surface area contributed by atoms with E-state index in [1.165, 1.54) is 7.11 Å². The van der Waals surface area contributed by atoms with Crippen molar-refractivity contribution in [1.82, 2.24) is 14.9 Å². The zero-order valence-corrected chi connectivity index (χ0v) is 25.5. The lowest BCUT2D eigenvalue weighted by molar-refractivity contribution is -0.143. The van der Waals surface area contributed by atoms with Crippen molar-refractivity contribution >= 4 is 23.7 Å². The van der Waals surface area contributed by atoms with Crippen LogP contribution in [0.4, 0.5) is 29.6 Å². The molecule has 2 aliphatic rings. The highest BCUT2D eigenvalue weighted by atomic mass is 19.4. The Hall–Kier alpha value is -4.33. The summed E-state index contributed by atoms with van der Waals surface area (Å²) in [7, 11) is 1.28. The number of esters is 1. The normalized spacial score (nSPS) is 16.6. The number of carbonyl (C=O) groups excluding carboxylic acids is 2. The number of hydrogen-bond acceptors (Lipinski definition) is 7. The number of alkyl halides is 3. The van der Waals surface area contributed by atoms with E-state index in [-0.39, 0.29) is 18.0 Å². The molecule has 0 bridgehead atoms. The summed E-state index contributed by atoms with van der Waals surface area (Å²) in [5.74, 6) is 4.55. The van der Waals surface area contributed by atoms with Gasteiger partial charge in [-0.3, -0.25) is 4.79 Å². The van der Waals surface area contributed by atoms with E-state index < -0.39 is 34.9 Å². The third-order valence-electron chi connectivity index (χ3n) is 7.41. The van der Waals surface area contributed by atoms with Crippen LogP contribution in [0, 0.1) is 17.8 Å². The predicted octanol–water partition coefficient (Wildman–Crippen LogP) is 7.16. The number of methoxy groups -OCH3 is 1. The van der Waals surface area contributed by atoms with Crippen LogP contribution in [0.25, 0.3) is 0 Å². The van der Waals surface area contributed by atoms with Crippen molar-refractivity contribution in [3.8, 4) is 11.8 Å². The largest absolute Gasteiger partial charge is 0.469 e. The highest BCUT2D eigenvalue weighted by Gasteiger charge is 2.35. The summed E-state index contributed by atoms with van der Waals surface area (Å²) in [6.07, 6.45) is 2.31. The molecule has 2 aromatic rings. The van der Waals surface area contributed by atoms with Gasteiger partial charge in [0.2, 0.25) is 5.95 Å². The minimum absolute atomic E-state index is 0.0305. The third-order valence-corrected chi connectivity index (χ3v) is 7.41. The molecule has 44 heavy (non-hydrogen) atoms. The number of nitrogens with zero attached hydrogens (tertiary/aromatic N) is 3. The standard InChI is InChI=1S/C33H37F3N4O4/c1-21(29(41)43-5)26-9-7-6-8-24(26)12-15-28-27(33(34,35)36)20-37-30(39-28)38-25-13-10-22(11-14-25)23-16-18-40(19-17-23)31(42)44-32(2,3)4/h8-11,13-14,20-21,23H,6-7,16-19H2,1-5H3,(H,37,38,39). The summed E-state index contributed by atoms with van der Waals surface area (Å²) in [6.45, 7) is 8.39. The van der Waals surface area contributed by atoms with Crippen LogP contribution in [0.1, 0.15) is 76.1 Å². The van der Waals surface area contributed by atoms with Crippen LogP contribution < -0.4 is 5.32 Å². The fourth-order valence-electron chi connectivity index (χ4n) is 5.09. The molecule has 1 saturated heterocycles. The van der Waals surface area contributed by atoms with Gasteiger partial charge in [0.05, 0.1) is 13.0 Å². The van der Waals surface area contributed by atoms with Crippen LogP contribution in [0.3, 0.4) is 0 Å². The smallest absolute Gasteiger partial charge is 0.420 e. The number of amides is 1. The van der Waals surface area contributed by atoms with Crippen molar-refractivity contribution in [2.24, 2.45) is 5.92 Å². The first-order chi connectivity index (χ1) is 20.7. The molecule has 1 aliphatic heterocycles. The van der Waals surface area contributed by atoms with Crippen LogP contribution in [-0.2, 0) is 20.4 Å². The maximum absolute atomic E-state index is 13.8. The molecule has 0 saturated carbocycles. The van der Waals surface area contributed by atoms with Gasteiger partial charge in [-0.15, -0.1) is 0 Å². The van der Waals surface area contributed by atoms with Crippen molar-refractivity contribution in [2.75, 3.05) is 25.5 Å². The average Bonchev–Trinajstić information content (AvgIpc) is 2.98. The van der Waals surface area contributed by atoms with Crippen molar-refractivity contribution in [3.05, 3.63) is 70.6 Å². The number of ether oxygens (including phenoxy) is 2. The van der Waals surface area contributed by atoms with Crippen LogP contribution in [0.15, 0.2) is 53.8 Å². The van der Waals surface area contributed by atoms with Gasteiger partial charge in [-0.05, 0) is 88.5 Å². The minimum atomic E-state index is -4.71. The molecule has 1 amide bonds. The van der Waals surface area contributed by atoms with E-state index >= 15 is 0 Å². The molecule has 234 valence electrons. The second-order valence-corrected chi connectivity index (χ2v) is 11.8.